The van der Waals surface area contributed by atoms with E-state index < -0.39 is 81.5 Å². The van der Waals surface area contributed by atoms with Crippen molar-refractivity contribution in [2.75, 3.05) is 17.4 Å². The fraction of sp³-hybridized carbons (Fsp3) is 0.321. The summed E-state index contributed by atoms with van der Waals surface area (Å²) in [6.07, 6.45) is -11.2. The van der Waals surface area contributed by atoms with Crippen molar-refractivity contribution in [1.29, 1.82) is 0 Å². The van der Waals surface area contributed by atoms with E-state index in [1.807, 2.05) is 0 Å². The van der Waals surface area contributed by atoms with Crippen molar-refractivity contribution in [3.05, 3.63) is 72.0 Å². The third kappa shape index (κ3) is 7.23. The van der Waals surface area contributed by atoms with Crippen molar-refractivity contribution in [1.82, 2.24) is 5.32 Å². The predicted molar refractivity (Wildman–Crippen MR) is 142 cm³/mol. The number of ether oxygens (including phenoxy) is 2. The molecular formula is C28H23F9N2O5S. The van der Waals surface area contributed by atoms with E-state index in [-0.39, 0.29) is 22.6 Å². The van der Waals surface area contributed by atoms with Crippen LogP contribution in [0.4, 0.5) is 45.2 Å². The Morgan fingerprint density at radius 2 is 1.69 bits per heavy atom. The number of nitrogens with zero attached hydrogens (tertiary/aromatic N) is 1. The molecular weight excluding hydrogens is 647 g/mol. The number of benzene rings is 3. The largest absolute Gasteiger partial charge is 0.484 e. The number of amides is 1. The first-order chi connectivity index (χ1) is 20.7. The number of anilines is 1. The van der Waals surface area contributed by atoms with E-state index in [1.165, 1.54) is 12.1 Å². The Kier molecular flexibility index (Phi) is 8.98. The van der Waals surface area contributed by atoms with E-state index in [2.05, 4.69) is 10.1 Å². The molecule has 0 saturated carbocycles. The molecule has 0 unspecified atom stereocenters. The maximum absolute atomic E-state index is 14.2. The summed E-state index contributed by atoms with van der Waals surface area (Å²) < 4.78 is 158. The summed E-state index contributed by atoms with van der Waals surface area (Å²) in [5.41, 5.74) is -4.37. The van der Waals surface area contributed by atoms with Crippen molar-refractivity contribution in [3.8, 4) is 22.6 Å². The summed E-state index contributed by atoms with van der Waals surface area (Å²) in [4.78, 5) is 11.5. The summed E-state index contributed by atoms with van der Waals surface area (Å²) in [6, 6.07) is 9.04. The first-order valence-corrected chi connectivity index (χ1v) is 14.3. The molecule has 17 heteroatoms. The van der Waals surface area contributed by atoms with Crippen molar-refractivity contribution in [2.45, 2.75) is 43.8 Å². The molecule has 1 N–H and O–H groups in total. The van der Waals surface area contributed by atoms with Gasteiger partial charge in [0.25, 0.3) is 10.0 Å². The zero-order chi connectivity index (χ0) is 33.5. The fourth-order valence-electron chi connectivity index (χ4n) is 4.24. The fourth-order valence-corrected chi connectivity index (χ4v) is 5.79. The quantitative estimate of drug-likeness (QED) is 0.268. The van der Waals surface area contributed by atoms with Crippen LogP contribution in [0.1, 0.15) is 19.4 Å². The third-order valence-electron chi connectivity index (χ3n) is 6.84. The van der Waals surface area contributed by atoms with Crippen LogP contribution in [-0.2, 0) is 21.0 Å². The van der Waals surface area contributed by atoms with E-state index in [4.69, 9.17) is 4.74 Å². The Morgan fingerprint density at radius 3 is 2.31 bits per heavy atom. The molecule has 244 valence electrons. The lowest BCUT2D eigenvalue weighted by Crippen LogP contribution is -2.52. The molecule has 7 nitrogen and oxygen atoms in total. The average molecular weight is 671 g/mol. The lowest BCUT2D eigenvalue weighted by atomic mass is 9.91. The van der Waals surface area contributed by atoms with Crippen molar-refractivity contribution >= 4 is 21.6 Å². The number of hydrogen-bond donors (Lipinski definition) is 1. The highest BCUT2D eigenvalue weighted by Gasteiger charge is 2.53. The van der Waals surface area contributed by atoms with Crippen LogP contribution in [0.25, 0.3) is 11.1 Å². The van der Waals surface area contributed by atoms with Gasteiger partial charge in [0.2, 0.25) is 5.91 Å². The molecule has 0 bridgehead atoms. The number of rotatable bonds is 8. The van der Waals surface area contributed by atoms with Gasteiger partial charge in [0, 0.05) is 6.07 Å². The Labute approximate surface area is 250 Å². The Bertz CT molecular complexity index is 1690. The monoisotopic (exact) mass is 670 g/mol. The number of sulfonamides is 1. The predicted octanol–water partition coefficient (Wildman–Crippen LogP) is 6.77. The molecule has 0 spiro atoms. The topological polar surface area (TPSA) is 84.9 Å². The zero-order valence-corrected chi connectivity index (χ0v) is 24.0. The van der Waals surface area contributed by atoms with Crippen LogP contribution in [-0.4, -0.2) is 46.3 Å². The summed E-state index contributed by atoms with van der Waals surface area (Å²) in [5, 5.41) is 2.06. The van der Waals surface area contributed by atoms with Gasteiger partial charge in [-0.25, -0.2) is 12.8 Å². The zero-order valence-electron chi connectivity index (χ0n) is 23.1. The molecule has 0 fully saturated rings. The minimum absolute atomic E-state index is 0.0476. The van der Waals surface area contributed by atoms with E-state index in [9.17, 15) is 52.7 Å². The molecule has 45 heavy (non-hydrogen) atoms. The molecule has 0 aromatic heterocycles. The highest BCUT2D eigenvalue weighted by molar-refractivity contribution is 7.92. The molecule has 1 aliphatic heterocycles. The van der Waals surface area contributed by atoms with Gasteiger partial charge in [-0.15, -0.1) is 0 Å². The Balaban J connectivity index is 1.77. The highest BCUT2D eigenvalue weighted by Crippen LogP contribution is 2.42. The minimum atomic E-state index is -4.93. The van der Waals surface area contributed by atoms with Crippen LogP contribution in [0.3, 0.4) is 0 Å². The number of carbonyl (C=O) groups excluding carboxylic acids is 1. The molecule has 3 aromatic carbocycles. The first kappa shape index (κ1) is 33.7. The van der Waals surface area contributed by atoms with Gasteiger partial charge in [-0.3, -0.25) is 9.10 Å². The van der Waals surface area contributed by atoms with Crippen molar-refractivity contribution in [2.24, 2.45) is 5.41 Å². The Morgan fingerprint density at radius 1 is 1.00 bits per heavy atom. The lowest BCUT2D eigenvalue weighted by Gasteiger charge is -2.36. The summed E-state index contributed by atoms with van der Waals surface area (Å²) in [5.74, 6) is -3.20. The first-order valence-electron chi connectivity index (χ1n) is 12.8. The summed E-state index contributed by atoms with van der Waals surface area (Å²) >= 11 is 0. The van der Waals surface area contributed by atoms with Crippen LogP contribution in [0.5, 0.6) is 11.5 Å². The molecule has 0 aliphatic carbocycles. The molecule has 1 atom stereocenters. The second-order valence-electron chi connectivity index (χ2n) is 10.4. The molecule has 0 radical (unpaired) electrons. The van der Waals surface area contributed by atoms with E-state index in [1.54, 1.807) is 0 Å². The van der Waals surface area contributed by atoms with Crippen molar-refractivity contribution < 1.29 is 62.2 Å². The second-order valence-corrected chi connectivity index (χ2v) is 12.2. The maximum Gasteiger partial charge on any atom is 0.416 e. The lowest BCUT2D eigenvalue weighted by molar-refractivity contribution is -0.211. The van der Waals surface area contributed by atoms with Crippen LogP contribution in [0.15, 0.2) is 65.6 Å². The van der Waals surface area contributed by atoms with Crippen LogP contribution in [0, 0.1) is 11.2 Å². The number of hydrogen-bond acceptors (Lipinski definition) is 5. The average Bonchev–Trinajstić information content (AvgIpc) is 2.93. The third-order valence-corrected chi connectivity index (χ3v) is 8.61. The molecule has 3 aromatic rings. The summed E-state index contributed by atoms with van der Waals surface area (Å²) in [7, 11) is -4.85. The second kappa shape index (κ2) is 12.0. The van der Waals surface area contributed by atoms with Gasteiger partial charge >= 0.3 is 19.0 Å². The number of halogens is 9. The SMILES string of the molecule is CC(C)(C(=O)NC[C@H]1CN(S(=O)(=O)c2cccc(C(F)(F)F)c2)c2cc(-c3cc(F)cc(OC(F)F)c3)ccc2O1)C(F)(F)F. The number of nitrogens with one attached hydrogen (secondary N) is 1. The number of fused-ring (bicyclic) bond motifs is 1. The van der Waals surface area contributed by atoms with Gasteiger partial charge in [0.1, 0.15) is 28.8 Å². The van der Waals surface area contributed by atoms with Crippen LogP contribution in [0.2, 0.25) is 0 Å². The highest BCUT2D eigenvalue weighted by atomic mass is 32.2. The summed E-state index contributed by atoms with van der Waals surface area (Å²) in [6.45, 7) is -3.34. The molecule has 0 saturated heterocycles. The van der Waals surface area contributed by atoms with Gasteiger partial charge in [0.15, 0.2) is 0 Å². The smallest absolute Gasteiger partial charge is 0.416 e. The Hall–Kier alpha value is -4.15. The van der Waals surface area contributed by atoms with E-state index >= 15 is 0 Å². The normalized spacial score (nSPS) is 15.8. The number of carbonyl (C=O) groups is 1. The van der Waals surface area contributed by atoms with Gasteiger partial charge < -0.3 is 14.8 Å². The van der Waals surface area contributed by atoms with Gasteiger partial charge in [-0.2, -0.15) is 35.1 Å². The van der Waals surface area contributed by atoms with Gasteiger partial charge in [-0.1, -0.05) is 12.1 Å². The van der Waals surface area contributed by atoms with Gasteiger partial charge in [-0.05, 0) is 67.4 Å². The minimum Gasteiger partial charge on any atom is -0.484 e. The maximum atomic E-state index is 14.2. The molecule has 1 aliphatic rings. The van der Waals surface area contributed by atoms with Crippen molar-refractivity contribution in [3.63, 3.8) is 0 Å². The van der Waals surface area contributed by atoms with E-state index in [0.717, 1.165) is 30.3 Å². The molecule has 1 amide bonds. The van der Waals surface area contributed by atoms with E-state index in [0.29, 0.717) is 36.4 Å². The standard InChI is InChI=1S/C28H23F9N2O5S/c1-26(2,28(35,36)37)24(40)38-13-20-14-39(45(41,42)21-5-3-4-17(11-21)27(32,33)34)22-10-15(6-7-23(22)43-20)16-8-18(29)12-19(9-16)44-25(30)31/h3-12,20,25H,13-14H2,1-2H3,(H,38,40)/t20-/m0/s1. The van der Waals surface area contributed by atoms with Crippen LogP contribution < -0.4 is 19.1 Å². The van der Waals surface area contributed by atoms with Crippen LogP contribution >= 0.6 is 0 Å². The molecule has 4 rings (SSSR count). The number of alkyl halides is 8. The van der Waals surface area contributed by atoms with Gasteiger partial charge in [0.05, 0.1) is 29.2 Å². The molecule has 1 heterocycles.